The zero-order valence-corrected chi connectivity index (χ0v) is 15.2. The van der Waals surface area contributed by atoms with Crippen molar-refractivity contribution < 1.29 is 9.53 Å². The number of benzene rings is 1. The van der Waals surface area contributed by atoms with Gasteiger partial charge in [0.2, 0.25) is 5.91 Å². The molecule has 0 fully saturated rings. The van der Waals surface area contributed by atoms with Crippen LogP contribution in [0.3, 0.4) is 0 Å². The fraction of sp³-hybridized carbons (Fsp3) is 0.190. The van der Waals surface area contributed by atoms with Gasteiger partial charge in [0.05, 0.1) is 30.7 Å². The van der Waals surface area contributed by atoms with Gasteiger partial charge in [0.15, 0.2) is 0 Å². The second kappa shape index (κ2) is 9.45. The van der Waals surface area contributed by atoms with Gasteiger partial charge in [-0.05, 0) is 30.3 Å². The number of methoxy groups -OCH3 is 1. The van der Waals surface area contributed by atoms with Crippen LogP contribution in [0.1, 0.15) is 11.3 Å². The average Bonchev–Trinajstić information content (AvgIpc) is 3.20. The first-order valence-corrected chi connectivity index (χ1v) is 8.72. The molecule has 3 aromatic rings. The fourth-order valence-corrected chi connectivity index (χ4v) is 2.57. The monoisotopic (exact) mass is 362 g/mol. The molecule has 1 amide bonds. The standard InChI is InChI=1S/C21H22N4O2/c1-27-14-13-24(17-19-7-5-6-12-22-19)21(26)11-10-18-15-23-25(16-18)20-8-3-2-4-9-20/h2-12,15-16H,13-14,17H2,1H3/b11-10-. The molecule has 0 bridgehead atoms. The van der Waals surface area contributed by atoms with E-state index in [1.807, 2.05) is 54.7 Å². The normalized spacial score (nSPS) is 11.0. The molecule has 0 N–H and O–H groups in total. The van der Waals surface area contributed by atoms with Crippen LogP contribution in [0.2, 0.25) is 0 Å². The zero-order chi connectivity index (χ0) is 18.9. The Labute approximate surface area is 158 Å². The molecule has 0 unspecified atom stereocenters. The number of rotatable bonds is 8. The van der Waals surface area contributed by atoms with Crippen LogP contribution in [-0.2, 0) is 16.1 Å². The van der Waals surface area contributed by atoms with E-state index < -0.39 is 0 Å². The van der Waals surface area contributed by atoms with E-state index in [0.717, 1.165) is 16.9 Å². The minimum atomic E-state index is -0.0924. The van der Waals surface area contributed by atoms with E-state index in [9.17, 15) is 4.79 Å². The van der Waals surface area contributed by atoms with E-state index in [4.69, 9.17) is 4.74 Å². The largest absolute Gasteiger partial charge is 0.383 e. The van der Waals surface area contributed by atoms with Crippen molar-refractivity contribution in [2.24, 2.45) is 0 Å². The van der Waals surface area contributed by atoms with Crippen molar-refractivity contribution in [3.05, 3.63) is 84.5 Å². The number of para-hydroxylation sites is 1. The third-order valence-corrected chi connectivity index (χ3v) is 4.00. The molecule has 2 aromatic heterocycles. The van der Waals surface area contributed by atoms with E-state index in [0.29, 0.717) is 19.7 Å². The third kappa shape index (κ3) is 5.36. The van der Waals surface area contributed by atoms with Gasteiger partial charge in [-0.1, -0.05) is 24.3 Å². The molecule has 0 radical (unpaired) electrons. The number of carbonyl (C=O) groups is 1. The predicted molar refractivity (Wildman–Crippen MR) is 104 cm³/mol. The maximum absolute atomic E-state index is 12.6. The lowest BCUT2D eigenvalue weighted by atomic mass is 10.3. The average molecular weight is 362 g/mol. The molecular formula is C21H22N4O2. The molecule has 0 aliphatic rings. The van der Waals surface area contributed by atoms with E-state index in [1.54, 1.807) is 41.2 Å². The van der Waals surface area contributed by atoms with Gasteiger partial charge in [-0.2, -0.15) is 5.10 Å². The Balaban J connectivity index is 1.68. The Bertz CT molecular complexity index is 875. The second-order valence-electron chi connectivity index (χ2n) is 5.96. The smallest absolute Gasteiger partial charge is 0.247 e. The van der Waals surface area contributed by atoms with Crippen LogP contribution in [0, 0.1) is 0 Å². The number of hydrogen-bond acceptors (Lipinski definition) is 4. The lowest BCUT2D eigenvalue weighted by Gasteiger charge is -2.20. The van der Waals surface area contributed by atoms with E-state index in [1.165, 1.54) is 0 Å². The predicted octanol–water partition coefficient (Wildman–Crippen LogP) is 2.96. The molecule has 0 spiro atoms. The summed E-state index contributed by atoms with van der Waals surface area (Å²) < 4.78 is 6.90. The topological polar surface area (TPSA) is 60.2 Å². The van der Waals surface area contributed by atoms with Crippen LogP contribution < -0.4 is 0 Å². The zero-order valence-electron chi connectivity index (χ0n) is 15.2. The summed E-state index contributed by atoms with van der Waals surface area (Å²) in [6.07, 6.45) is 8.67. The van der Waals surface area contributed by atoms with Crippen molar-refractivity contribution in [3.8, 4) is 5.69 Å². The SMILES string of the molecule is COCCN(Cc1ccccn1)C(=O)/C=C\c1cnn(-c2ccccc2)c1. The van der Waals surface area contributed by atoms with Gasteiger partial charge in [0.1, 0.15) is 0 Å². The second-order valence-corrected chi connectivity index (χ2v) is 5.96. The van der Waals surface area contributed by atoms with Crippen LogP contribution in [0.5, 0.6) is 0 Å². The van der Waals surface area contributed by atoms with Gasteiger partial charge >= 0.3 is 0 Å². The van der Waals surface area contributed by atoms with Crippen molar-refractivity contribution in [2.45, 2.75) is 6.54 Å². The summed E-state index contributed by atoms with van der Waals surface area (Å²) in [5.41, 5.74) is 2.67. The van der Waals surface area contributed by atoms with Gasteiger partial charge < -0.3 is 9.64 Å². The number of amides is 1. The van der Waals surface area contributed by atoms with E-state index in [-0.39, 0.29) is 5.91 Å². The first-order chi connectivity index (χ1) is 13.3. The third-order valence-electron chi connectivity index (χ3n) is 4.00. The molecule has 27 heavy (non-hydrogen) atoms. The molecule has 3 rings (SSSR count). The van der Waals surface area contributed by atoms with Crippen molar-refractivity contribution in [2.75, 3.05) is 20.3 Å². The highest BCUT2D eigenvalue weighted by Crippen LogP contribution is 2.09. The quantitative estimate of drug-likeness (QED) is 0.578. The first-order valence-electron chi connectivity index (χ1n) is 8.72. The molecule has 0 saturated heterocycles. The number of carbonyl (C=O) groups excluding carboxylic acids is 1. The highest BCUT2D eigenvalue weighted by Gasteiger charge is 2.12. The summed E-state index contributed by atoms with van der Waals surface area (Å²) in [7, 11) is 1.62. The van der Waals surface area contributed by atoms with Crippen LogP contribution in [0.15, 0.2) is 73.2 Å². The number of hydrogen-bond donors (Lipinski definition) is 0. The van der Waals surface area contributed by atoms with Crippen molar-refractivity contribution in [1.29, 1.82) is 0 Å². The maximum atomic E-state index is 12.6. The summed E-state index contributed by atoms with van der Waals surface area (Å²) >= 11 is 0. The number of aromatic nitrogens is 3. The maximum Gasteiger partial charge on any atom is 0.247 e. The molecular weight excluding hydrogens is 340 g/mol. The van der Waals surface area contributed by atoms with Gasteiger partial charge in [-0.15, -0.1) is 0 Å². The molecule has 6 heteroatoms. The molecule has 2 heterocycles. The Kier molecular flexibility index (Phi) is 6.49. The molecule has 138 valence electrons. The Morgan fingerprint density at radius 3 is 2.74 bits per heavy atom. The molecule has 0 aliphatic heterocycles. The summed E-state index contributed by atoms with van der Waals surface area (Å²) in [6, 6.07) is 15.5. The van der Waals surface area contributed by atoms with Crippen LogP contribution in [0.25, 0.3) is 11.8 Å². The lowest BCUT2D eigenvalue weighted by molar-refractivity contribution is -0.127. The highest BCUT2D eigenvalue weighted by molar-refractivity contribution is 5.91. The highest BCUT2D eigenvalue weighted by atomic mass is 16.5. The van der Waals surface area contributed by atoms with Gasteiger partial charge in [-0.3, -0.25) is 9.78 Å². The van der Waals surface area contributed by atoms with Gasteiger partial charge in [0, 0.05) is 37.7 Å². The van der Waals surface area contributed by atoms with Crippen molar-refractivity contribution in [3.63, 3.8) is 0 Å². The number of ether oxygens (including phenoxy) is 1. The molecule has 1 aromatic carbocycles. The Hall–Kier alpha value is -3.25. The molecule has 0 aliphatic carbocycles. The first kappa shape index (κ1) is 18.5. The van der Waals surface area contributed by atoms with Crippen LogP contribution in [-0.4, -0.2) is 45.8 Å². The minimum absolute atomic E-state index is 0.0924. The van der Waals surface area contributed by atoms with Gasteiger partial charge in [-0.25, -0.2) is 4.68 Å². The van der Waals surface area contributed by atoms with Crippen molar-refractivity contribution >= 4 is 12.0 Å². The molecule has 6 nitrogen and oxygen atoms in total. The molecule has 0 atom stereocenters. The van der Waals surface area contributed by atoms with Crippen LogP contribution in [0.4, 0.5) is 0 Å². The minimum Gasteiger partial charge on any atom is -0.383 e. The summed E-state index contributed by atoms with van der Waals surface area (Å²) in [6.45, 7) is 1.41. The number of nitrogens with zero attached hydrogens (tertiary/aromatic N) is 4. The summed E-state index contributed by atoms with van der Waals surface area (Å²) in [5.74, 6) is -0.0924. The Morgan fingerprint density at radius 2 is 2.00 bits per heavy atom. The Morgan fingerprint density at radius 1 is 1.19 bits per heavy atom. The van der Waals surface area contributed by atoms with Crippen molar-refractivity contribution in [1.82, 2.24) is 19.7 Å². The number of pyridine rings is 1. The fourth-order valence-electron chi connectivity index (χ4n) is 2.57. The van der Waals surface area contributed by atoms with Crippen LogP contribution >= 0.6 is 0 Å². The lowest BCUT2D eigenvalue weighted by Crippen LogP contribution is -2.32. The van der Waals surface area contributed by atoms with E-state index in [2.05, 4.69) is 10.1 Å². The summed E-state index contributed by atoms with van der Waals surface area (Å²) in [5, 5.41) is 4.34. The summed E-state index contributed by atoms with van der Waals surface area (Å²) in [4.78, 5) is 18.6. The van der Waals surface area contributed by atoms with Gasteiger partial charge in [0.25, 0.3) is 0 Å². The molecule has 0 saturated carbocycles. The van der Waals surface area contributed by atoms with E-state index >= 15 is 0 Å².